The number of hydrogen-bond acceptors (Lipinski definition) is 6. The summed E-state index contributed by atoms with van der Waals surface area (Å²) < 4.78 is 64.4. The largest absolute Gasteiger partial charge is 0.494 e. The van der Waals surface area contributed by atoms with E-state index < -0.39 is 17.5 Å². The van der Waals surface area contributed by atoms with Crippen LogP contribution >= 0.6 is 7.37 Å². The Morgan fingerprint density at radius 3 is 1.27 bits per heavy atom. The van der Waals surface area contributed by atoms with Gasteiger partial charge in [0.25, 0.3) is 10.1 Å². The first kappa shape index (κ1) is 42.6. The van der Waals surface area contributed by atoms with Crippen molar-refractivity contribution in [2.75, 3.05) is 25.5 Å². The molecule has 3 rings (SSSR count). The molecule has 3 aromatic carbocycles. The Labute approximate surface area is 309 Å². The third kappa shape index (κ3) is 18.5. The summed E-state index contributed by atoms with van der Waals surface area (Å²) in [4.78, 5) is -0.242. The van der Waals surface area contributed by atoms with Gasteiger partial charge in [0.2, 0.25) is 7.37 Å². The van der Waals surface area contributed by atoms with Crippen LogP contribution in [0, 0.1) is 0 Å². The van der Waals surface area contributed by atoms with E-state index in [9.17, 15) is 17.5 Å². The molecule has 0 saturated carbocycles. The molecule has 0 amide bonds. The van der Waals surface area contributed by atoms with E-state index in [2.05, 4.69) is 38.1 Å². The lowest BCUT2D eigenvalue weighted by molar-refractivity contribution is 0.312. The molecule has 0 aliphatic rings. The van der Waals surface area contributed by atoms with Gasteiger partial charge in [-0.05, 0) is 98.2 Å². The van der Waals surface area contributed by atoms with Gasteiger partial charge >= 0.3 is 0 Å². The van der Waals surface area contributed by atoms with E-state index in [1.165, 1.54) is 125 Å². The van der Waals surface area contributed by atoms with E-state index in [1.54, 1.807) is 0 Å². The second-order valence-electron chi connectivity index (χ2n) is 13.7. The Bertz CT molecular complexity index is 1420. The zero-order valence-corrected chi connectivity index (χ0v) is 32.9. The molecule has 0 unspecified atom stereocenters. The van der Waals surface area contributed by atoms with Crippen LogP contribution in [0.25, 0.3) is 0 Å². The van der Waals surface area contributed by atoms with Gasteiger partial charge in [-0.1, -0.05) is 115 Å². The molecule has 0 heterocycles. The summed E-state index contributed by atoms with van der Waals surface area (Å²) in [6.07, 6.45) is 22.0. The average molecular weight is 743 g/mol. The maximum absolute atomic E-state index is 14.1. The van der Waals surface area contributed by atoms with Crippen LogP contribution in [0.2, 0.25) is 0 Å². The van der Waals surface area contributed by atoms with Gasteiger partial charge < -0.3 is 14.0 Å². The maximum atomic E-state index is 14.1. The summed E-state index contributed by atoms with van der Waals surface area (Å²) in [6, 6.07) is 21.8. The summed E-state index contributed by atoms with van der Waals surface area (Å²) in [5.74, 6) is 1.87. The van der Waals surface area contributed by atoms with Crippen molar-refractivity contribution < 1.29 is 31.5 Å². The fraction of sp³-hybridized carbons (Fsp3) is 0.571. The Hall–Kier alpha value is -2.80. The number of aryl methyl sites for hydroxylation is 2. The Kier molecular flexibility index (Phi) is 20.4. The zero-order chi connectivity index (χ0) is 36.6. The Morgan fingerprint density at radius 1 is 0.510 bits per heavy atom. The van der Waals surface area contributed by atoms with Gasteiger partial charge in [-0.2, -0.15) is 8.42 Å². The minimum Gasteiger partial charge on any atom is -0.494 e. The molecule has 0 atom stereocenters. The summed E-state index contributed by atoms with van der Waals surface area (Å²) in [5.41, 5.74) is 2.63. The third-order valence-electron chi connectivity index (χ3n) is 9.20. The second-order valence-corrected chi connectivity index (χ2v) is 17.9. The lowest BCUT2D eigenvalue weighted by Crippen LogP contribution is -2.09. The fourth-order valence-corrected chi connectivity index (χ4v) is 8.75. The Balaban J connectivity index is 1.44. The molecule has 284 valence electrons. The van der Waals surface area contributed by atoms with Crippen molar-refractivity contribution in [3.63, 3.8) is 0 Å². The maximum Gasteiger partial charge on any atom is 0.294 e. The van der Waals surface area contributed by atoms with Gasteiger partial charge in [0, 0.05) is 12.3 Å². The van der Waals surface area contributed by atoms with Crippen LogP contribution in [0.5, 0.6) is 17.2 Å². The summed E-state index contributed by atoms with van der Waals surface area (Å²) in [7, 11) is -7.51. The van der Waals surface area contributed by atoms with Crippen LogP contribution in [0.3, 0.4) is 0 Å². The van der Waals surface area contributed by atoms with Crippen LogP contribution in [-0.4, -0.2) is 38.5 Å². The van der Waals surface area contributed by atoms with Crippen molar-refractivity contribution in [1.82, 2.24) is 0 Å². The topological polar surface area (TPSA) is 99.1 Å². The second kappa shape index (κ2) is 24.4. The first-order valence-electron chi connectivity index (χ1n) is 19.5. The van der Waals surface area contributed by atoms with E-state index in [0.717, 1.165) is 24.3 Å². The molecule has 0 fully saturated rings. The minimum absolute atomic E-state index is 0.242. The predicted molar refractivity (Wildman–Crippen MR) is 211 cm³/mol. The van der Waals surface area contributed by atoms with Crippen molar-refractivity contribution in [2.24, 2.45) is 0 Å². The predicted octanol–water partition coefficient (Wildman–Crippen LogP) is 12.1. The van der Waals surface area contributed by atoms with Gasteiger partial charge in [0.05, 0.1) is 18.1 Å². The fourth-order valence-electron chi connectivity index (χ4n) is 6.14. The number of hydrogen-bond donors (Lipinski definition) is 1. The molecule has 51 heavy (non-hydrogen) atoms. The summed E-state index contributed by atoms with van der Waals surface area (Å²) in [6.45, 7) is 5.29. The lowest BCUT2D eigenvalue weighted by Gasteiger charge is -2.20. The standard InChI is InChI=1S/C42H63O7PS/c1-3-5-7-9-11-13-15-19-37-21-25-39(26-22-37)47-33-17-35-50(43,49-41-29-31-42(32-30-41)51(44,45)46)36-18-34-48-40-27-23-38(24-28-40)20-16-14-12-10-8-6-4-2/h21-32H,3-20,33-36H2,1-2H3,(H,44,45,46). The van der Waals surface area contributed by atoms with Crippen LogP contribution in [0.4, 0.5) is 0 Å². The summed E-state index contributed by atoms with van der Waals surface area (Å²) in [5, 5.41) is 0. The molecule has 0 aliphatic carbocycles. The average Bonchev–Trinajstić information content (AvgIpc) is 3.12. The van der Waals surface area contributed by atoms with Crippen LogP contribution in [0.15, 0.2) is 77.7 Å². The third-order valence-corrected chi connectivity index (χ3v) is 12.6. The molecule has 1 N–H and O–H groups in total. The van der Waals surface area contributed by atoms with E-state index in [0.29, 0.717) is 44.1 Å². The van der Waals surface area contributed by atoms with Crippen molar-refractivity contribution in [2.45, 2.75) is 134 Å². The highest BCUT2D eigenvalue weighted by Crippen LogP contribution is 2.48. The zero-order valence-electron chi connectivity index (χ0n) is 31.2. The number of rotatable bonds is 29. The lowest BCUT2D eigenvalue weighted by atomic mass is 10.0. The molecule has 0 spiro atoms. The van der Waals surface area contributed by atoms with Crippen LogP contribution in [0.1, 0.15) is 128 Å². The molecule has 0 aromatic heterocycles. The normalized spacial score (nSPS) is 11.8. The number of benzene rings is 3. The highest BCUT2D eigenvalue weighted by molar-refractivity contribution is 7.85. The van der Waals surface area contributed by atoms with Crippen molar-refractivity contribution in [1.29, 1.82) is 0 Å². The minimum atomic E-state index is -4.34. The van der Waals surface area contributed by atoms with E-state index in [-0.39, 0.29) is 4.90 Å². The van der Waals surface area contributed by atoms with Crippen LogP contribution in [-0.2, 0) is 27.5 Å². The highest BCUT2D eigenvalue weighted by Gasteiger charge is 2.25. The van der Waals surface area contributed by atoms with Crippen LogP contribution < -0.4 is 14.0 Å². The van der Waals surface area contributed by atoms with Gasteiger partial charge in [-0.15, -0.1) is 0 Å². The molecule has 0 bridgehead atoms. The van der Waals surface area contributed by atoms with Crippen molar-refractivity contribution in [3.05, 3.63) is 83.9 Å². The van der Waals surface area contributed by atoms with Crippen molar-refractivity contribution in [3.8, 4) is 17.2 Å². The molecular weight excluding hydrogens is 679 g/mol. The molecule has 7 nitrogen and oxygen atoms in total. The molecular formula is C42H63O7PS. The first-order chi connectivity index (χ1) is 24.7. The first-order valence-corrected chi connectivity index (χ1v) is 22.9. The molecule has 3 aromatic rings. The van der Waals surface area contributed by atoms with Gasteiger partial charge in [-0.3, -0.25) is 9.12 Å². The number of ether oxygens (including phenoxy) is 2. The SMILES string of the molecule is CCCCCCCCCc1ccc(OCCCP(=O)(CCCOc2ccc(CCCCCCCCC)cc2)Oc2ccc(S(=O)(=O)O)cc2)cc1. The van der Waals surface area contributed by atoms with Gasteiger partial charge in [-0.25, -0.2) is 0 Å². The monoisotopic (exact) mass is 742 g/mol. The molecule has 0 radical (unpaired) electrons. The molecule has 9 heteroatoms. The highest BCUT2D eigenvalue weighted by atomic mass is 32.2. The smallest absolute Gasteiger partial charge is 0.294 e. The number of unbranched alkanes of at least 4 members (excludes halogenated alkanes) is 12. The van der Waals surface area contributed by atoms with E-state index in [1.807, 2.05) is 24.3 Å². The molecule has 0 aliphatic heterocycles. The Morgan fingerprint density at radius 2 is 0.882 bits per heavy atom. The quantitative estimate of drug-likeness (QED) is 0.0429. The van der Waals surface area contributed by atoms with Crippen molar-refractivity contribution >= 4 is 17.5 Å². The summed E-state index contributed by atoms with van der Waals surface area (Å²) >= 11 is 0. The van der Waals surface area contributed by atoms with E-state index in [4.69, 9.17) is 14.0 Å². The van der Waals surface area contributed by atoms with Gasteiger partial charge in [0.15, 0.2) is 0 Å². The van der Waals surface area contributed by atoms with E-state index >= 15 is 0 Å². The van der Waals surface area contributed by atoms with Gasteiger partial charge in [0.1, 0.15) is 17.2 Å². The molecule has 0 saturated heterocycles.